The molecule has 0 radical (unpaired) electrons. The van der Waals surface area contributed by atoms with E-state index in [-0.39, 0.29) is 5.91 Å². The van der Waals surface area contributed by atoms with Crippen molar-refractivity contribution in [3.63, 3.8) is 0 Å². The minimum atomic E-state index is -0.0297. The Bertz CT molecular complexity index is 680. The van der Waals surface area contributed by atoms with Gasteiger partial charge in [0.15, 0.2) is 0 Å². The van der Waals surface area contributed by atoms with Crippen LogP contribution in [-0.2, 0) is 4.79 Å². The van der Waals surface area contributed by atoms with Crippen molar-refractivity contribution in [1.82, 2.24) is 9.97 Å². The Morgan fingerprint density at radius 3 is 2.96 bits per heavy atom. The molecule has 126 valence electrons. The lowest BCUT2D eigenvalue weighted by atomic mass is 10.0. The summed E-state index contributed by atoms with van der Waals surface area (Å²) in [6, 6.07) is 11.5. The fourth-order valence-corrected chi connectivity index (χ4v) is 3.50. The lowest BCUT2D eigenvalue weighted by Crippen LogP contribution is -2.34. The zero-order valence-corrected chi connectivity index (χ0v) is 14.6. The van der Waals surface area contributed by atoms with Crippen LogP contribution in [0.3, 0.4) is 0 Å². The highest BCUT2D eigenvalue weighted by atomic mass is 32.2. The Labute approximate surface area is 146 Å². The minimum absolute atomic E-state index is 0.0297. The standard InChI is InChI=1S/C18H22N4OS/c1-14-6-5-9-22(11-14)16-10-18(20-13-19-16)24-12-17(23)21-15-7-3-2-4-8-15/h2-4,7-8,10,13-14H,5-6,9,11-12H2,1H3,(H,21,23). The van der Waals surface area contributed by atoms with Gasteiger partial charge in [-0.25, -0.2) is 9.97 Å². The molecule has 1 atom stereocenters. The van der Waals surface area contributed by atoms with Gasteiger partial charge in [-0.1, -0.05) is 36.9 Å². The summed E-state index contributed by atoms with van der Waals surface area (Å²) in [5.74, 6) is 1.96. The molecule has 2 aromatic rings. The van der Waals surface area contributed by atoms with Gasteiger partial charge in [0.25, 0.3) is 0 Å². The Hall–Kier alpha value is -2.08. The van der Waals surface area contributed by atoms with E-state index in [2.05, 4.69) is 27.1 Å². The van der Waals surface area contributed by atoms with Crippen LogP contribution >= 0.6 is 11.8 Å². The molecular weight excluding hydrogens is 320 g/mol. The molecule has 1 aliphatic heterocycles. The molecule has 5 nitrogen and oxygen atoms in total. The summed E-state index contributed by atoms with van der Waals surface area (Å²) >= 11 is 1.44. The average Bonchev–Trinajstić information content (AvgIpc) is 2.61. The molecular formula is C18H22N4OS. The smallest absolute Gasteiger partial charge is 0.234 e. The zero-order valence-electron chi connectivity index (χ0n) is 13.8. The number of anilines is 2. The normalized spacial score (nSPS) is 17.5. The van der Waals surface area contributed by atoms with E-state index < -0.39 is 0 Å². The van der Waals surface area contributed by atoms with Crippen LogP contribution in [0.4, 0.5) is 11.5 Å². The van der Waals surface area contributed by atoms with Crippen LogP contribution in [0.2, 0.25) is 0 Å². The van der Waals surface area contributed by atoms with Gasteiger partial charge < -0.3 is 10.2 Å². The monoisotopic (exact) mass is 342 g/mol. The topological polar surface area (TPSA) is 58.1 Å². The molecule has 1 saturated heterocycles. The number of hydrogen-bond donors (Lipinski definition) is 1. The number of amides is 1. The SMILES string of the molecule is CC1CCCN(c2cc(SCC(=O)Nc3ccccc3)ncn2)C1. The Kier molecular flexibility index (Phi) is 5.69. The molecule has 1 unspecified atom stereocenters. The predicted molar refractivity (Wildman–Crippen MR) is 98.4 cm³/mol. The molecule has 1 amide bonds. The number of carbonyl (C=O) groups is 1. The molecule has 1 fully saturated rings. The van der Waals surface area contributed by atoms with Crippen LogP contribution in [-0.4, -0.2) is 34.7 Å². The van der Waals surface area contributed by atoms with Crippen molar-refractivity contribution in [2.24, 2.45) is 5.92 Å². The highest BCUT2D eigenvalue weighted by Gasteiger charge is 2.18. The summed E-state index contributed by atoms with van der Waals surface area (Å²) in [4.78, 5) is 23.0. The highest BCUT2D eigenvalue weighted by Crippen LogP contribution is 2.24. The van der Waals surface area contributed by atoms with E-state index in [0.29, 0.717) is 11.7 Å². The van der Waals surface area contributed by atoms with Gasteiger partial charge >= 0.3 is 0 Å². The first-order valence-electron chi connectivity index (χ1n) is 8.25. The number of aromatic nitrogens is 2. The second kappa shape index (κ2) is 8.15. The van der Waals surface area contributed by atoms with E-state index in [1.165, 1.54) is 24.6 Å². The molecule has 3 rings (SSSR count). The maximum atomic E-state index is 12.0. The molecule has 1 aliphatic rings. The molecule has 0 saturated carbocycles. The maximum Gasteiger partial charge on any atom is 0.234 e. The summed E-state index contributed by atoms with van der Waals surface area (Å²) in [7, 11) is 0. The number of hydrogen-bond acceptors (Lipinski definition) is 5. The fourth-order valence-electron chi connectivity index (χ4n) is 2.84. The van der Waals surface area contributed by atoms with Crippen molar-refractivity contribution >= 4 is 29.2 Å². The second-order valence-electron chi connectivity index (χ2n) is 6.11. The number of thioether (sulfide) groups is 1. The summed E-state index contributed by atoms with van der Waals surface area (Å²) < 4.78 is 0. The Morgan fingerprint density at radius 1 is 1.33 bits per heavy atom. The van der Waals surface area contributed by atoms with Crippen LogP contribution in [0.1, 0.15) is 19.8 Å². The number of carbonyl (C=O) groups excluding carboxylic acids is 1. The Balaban J connectivity index is 1.55. The molecule has 24 heavy (non-hydrogen) atoms. The number of para-hydroxylation sites is 1. The summed E-state index contributed by atoms with van der Waals surface area (Å²) in [5, 5.41) is 3.72. The minimum Gasteiger partial charge on any atom is -0.356 e. The predicted octanol–water partition coefficient (Wildman–Crippen LogP) is 3.44. The number of rotatable bonds is 5. The van der Waals surface area contributed by atoms with E-state index in [1.807, 2.05) is 36.4 Å². The largest absolute Gasteiger partial charge is 0.356 e. The van der Waals surface area contributed by atoms with Crippen LogP contribution in [0.5, 0.6) is 0 Å². The summed E-state index contributed by atoms with van der Waals surface area (Å²) in [5.41, 5.74) is 0.814. The number of nitrogens with zero attached hydrogens (tertiary/aromatic N) is 3. The van der Waals surface area contributed by atoms with Crippen LogP contribution in [0, 0.1) is 5.92 Å². The summed E-state index contributed by atoms with van der Waals surface area (Å²) in [6.07, 6.45) is 4.07. The van der Waals surface area contributed by atoms with Gasteiger partial charge in [-0.15, -0.1) is 0 Å². The van der Waals surface area contributed by atoms with Crippen molar-refractivity contribution < 1.29 is 4.79 Å². The Morgan fingerprint density at radius 2 is 2.17 bits per heavy atom. The second-order valence-corrected chi connectivity index (χ2v) is 7.11. The first-order valence-corrected chi connectivity index (χ1v) is 9.24. The first kappa shape index (κ1) is 16.8. The molecule has 0 aliphatic carbocycles. The van der Waals surface area contributed by atoms with E-state index in [1.54, 1.807) is 6.33 Å². The van der Waals surface area contributed by atoms with Crippen LogP contribution in [0.15, 0.2) is 47.8 Å². The van der Waals surface area contributed by atoms with Gasteiger partial charge in [0.1, 0.15) is 17.2 Å². The lowest BCUT2D eigenvalue weighted by molar-refractivity contribution is -0.113. The molecule has 1 N–H and O–H groups in total. The van der Waals surface area contributed by atoms with Gasteiger partial charge in [-0.3, -0.25) is 4.79 Å². The van der Waals surface area contributed by atoms with Crippen molar-refractivity contribution in [3.05, 3.63) is 42.7 Å². The average molecular weight is 342 g/mol. The maximum absolute atomic E-state index is 12.0. The molecule has 2 heterocycles. The third-order valence-electron chi connectivity index (χ3n) is 4.02. The van der Waals surface area contributed by atoms with E-state index in [4.69, 9.17) is 0 Å². The van der Waals surface area contributed by atoms with E-state index in [0.717, 1.165) is 29.6 Å². The zero-order chi connectivity index (χ0) is 16.8. The molecule has 0 spiro atoms. The van der Waals surface area contributed by atoms with Crippen molar-refractivity contribution in [3.8, 4) is 0 Å². The molecule has 0 bridgehead atoms. The van der Waals surface area contributed by atoms with Gasteiger partial charge in [0.2, 0.25) is 5.91 Å². The van der Waals surface area contributed by atoms with Gasteiger partial charge in [-0.05, 0) is 30.9 Å². The van der Waals surface area contributed by atoms with Gasteiger partial charge in [0, 0.05) is 24.8 Å². The summed E-state index contributed by atoms with van der Waals surface area (Å²) in [6.45, 7) is 4.35. The molecule has 6 heteroatoms. The lowest BCUT2D eigenvalue weighted by Gasteiger charge is -2.31. The van der Waals surface area contributed by atoms with Gasteiger partial charge in [-0.2, -0.15) is 0 Å². The van der Waals surface area contributed by atoms with E-state index in [9.17, 15) is 4.79 Å². The quantitative estimate of drug-likeness (QED) is 0.666. The van der Waals surface area contributed by atoms with Crippen molar-refractivity contribution in [2.75, 3.05) is 29.1 Å². The highest BCUT2D eigenvalue weighted by molar-refractivity contribution is 7.99. The van der Waals surface area contributed by atoms with Crippen LogP contribution < -0.4 is 10.2 Å². The third kappa shape index (κ3) is 4.71. The first-order chi connectivity index (χ1) is 11.7. The van der Waals surface area contributed by atoms with E-state index >= 15 is 0 Å². The van der Waals surface area contributed by atoms with Crippen LogP contribution in [0.25, 0.3) is 0 Å². The molecule has 1 aromatic heterocycles. The van der Waals surface area contributed by atoms with Gasteiger partial charge in [0.05, 0.1) is 5.75 Å². The number of benzene rings is 1. The third-order valence-corrected chi connectivity index (χ3v) is 4.94. The number of nitrogens with one attached hydrogen (secondary N) is 1. The van der Waals surface area contributed by atoms with Crippen molar-refractivity contribution in [2.45, 2.75) is 24.8 Å². The molecule has 1 aromatic carbocycles. The van der Waals surface area contributed by atoms with Crippen molar-refractivity contribution in [1.29, 1.82) is 0 Å². The number of piperidine rings is 1. The fraction of sp³-hybridized carbons (Fsp3) is 0.389.